The summed E-state index contributed by atoms with van der Waals surface area (Å²) in [5.74, 6) is 0. The van der Waals surface area contributed by atoms with Crippen LogP contribution in [-0.2, 0) is 6.18 Å². The number of halogens is 3. The van der Waals surface area contributed by atoms with Crippen molar-refractivity contribution < 1.29 is 13.2 Å². The van der Waals surface area contributed by atoms with Gasteiger partial charge in [-0.1, -0.05) is 174 Å². The van der Waals surface area contributed by atoms with Crippen LogP contribution in [0, 0.1) is 40.8 Å². The molecule has 0 aliphatic heterocycles. The summed E-state index contributed by atoms with van der Waals surface area (Å²) in [6.45, 7) is 25.5. The van der Waals surface area contributed by atoms with E-state index in [1.165, 1.54) is 6.07 Å². The van der Waals surface area contributed by atoms with Gasteiger partial charge < -0.3 is 9.13 Å². The van der Waals surface area contributed by atoms with Gasteiger partial charge in [0.25, 0.3) is 0 Å². The molecule has 0 unspecified atom stereocenters. The summed E-state index contributed by atoms with van der Waals surface area (Å²) in [6.07, 6.45) is -4.64. The van der Waals surface area contributed by atoms with Crippen molar-refractivity contribution in [3.05, 3.63) is 275 Å². The van der Waals surface area contributed by atoms with Crippen molar-refractivity contribution in [2.24, 2.45) is 0 Å². The maximum atomic E-state index is 14.3. The van der Waals surface area contributed by atoms with Gasteiger partial charge in [-0.3, -0.25) is 0 Å². The molecule has 0 amide bonds. The van der Waals surface area contributed by atoms with Crippen molar-refractivity contribution in [2.45, 2.75) is 33.9 Å². The van der Waals surface area contributed by atoms with Crippen LogP contribution in [0.15, 0.2) is 224 Å². The minimum Gasteiger partial charge on any atom is -0.310 e. The van der Waals surface area contributed by atoms with Gasteiger partial charge in [-0.25, -0.2) is 9.69 Å². The summed E-state index contributed by atoms with van der Waals surface area (Å²) in [6, 6.07) is 75.3. The summed E-state index contributed by atoms with van der Waals surface area (Å²) >= 11 is 0. The van der Waals surface area contributed by atoms with Gasteiger partial charge in [0, 0.05) is 38.4 Å². The molecule has 0 radical (unpaired) electrons. The molecule has 0 spiro atoms. The van der Waals surface area contributed by atoms with Crippen LogP contribution in [-0.4, -0.2) is 9.13 Å². The van der Waals surface area contributed by atoms with Crippen molar-refractivity contribution in [3.8, 4) is 78.1 Å². The van der Waals surface area contributed by atoms with Crippen LogP contribution in [0.3, 0.4) is 0 Å². The molecule has 0 fully saturated rings. The van der Waals surface area contributed by atoms with Crippen LogP contribution in [0.25, 0.3) is 131 Å². The first-order valence-electron chi connectivity index (χ1n) is 26.5. The van der Waals surface area contributed by atoms with E-state index in [0.29, 0.717) is 27.9 Å². The summed E-state index contributed by atoms with van der Waals surface area (Å²) in [5, 5.41) is 4.11. The number of alkyl halides is 3. The third-order valence-electron chi connectivity index (χ3n) is 15.6. The van der Waals surface area contributed by atoms with Gasteiger partial charge in [-0.05, 0) is 162 Å². The number of rotatable bonds is 8. The number of hydrogen-bond donors (Lipinski definition) is 0. The molecular weight excluding hydrogens is 990 g/mol. The van der Waals surface area contributed by atoms with Crippen LogP contribution in [0.2, 0.25) is 0 Å². The molecular formula is C73H49F3N4. The molecule has 0 aliphatic carbocycles. The maximum Gasteiger partial charge on any atom is 0.415 e. The van der Waals surface area contributed by atoms with E-state index in [1.54, 1.807) is 0 Å². The van der Waals surface area contributed by atoms with E-state index >= 15 is 0 Å². The van der Waals surface area contributed by atoms with E-state index in [-0.39, 0.29) is 5.69 Å². The minimum atomic E-state index is -4.64. The van der Waals surface area contributed by atoms with Crippen LogP contribution in [0.1, 0.15) is 27.8 Å². The Morgan fingerprint density at radius 2 is 0.700 bits per heavy atom. The molecule has 11 aromatic carbocycles. The smallest absolute Gasteiger partial charge is 0.310 e. The highest BCUT2D eigenvalue weighted by Gasteiger charge is 2.31. The van der Waals surface area contributed by atoms with E-state index in [1.807, 2.05) is 30.3 Å². The summed E-state index contributed by atoms with van der Waals surface area (Å²) in [7, 11) is 0. The second-order valence-corrected chi connectivity index (χ2v) is 20.9. The summed E-state index contributed by atoms with van der Waals surface area (Å²) in [4.78, 5) is 7.96. The zero-order valence-electron chi connectivity index (χ0n) is 44.3. The van der Waals surface area contributed by atoms with Crippen LogP contribution in [0.5, 0.6) is 0 Å². The largest absolute Gasteiger partial charge is 0.415 e. The molecule has 0 N–H and O–H groups in total. The Bertz CT molecular complexity index is 4580. The molecule has 13 rings (SSSR count). The Morgan fingerprint density at radius 1 is 0.325 bits per heavy atom. The number of hydrogen-bond acceptors (Lipinski definition) is 0. The average Bonchev–Trinajstić information content (AvgIpc) is 4.04. The number of fused-ring (bicyclic) bond motifs is 6. The average molecular weight is 1040 g/mol. The Balaban J connectivity index is 1.13. The second kappa shape index (κ2) is 19.4. The highest BCUT2D eigenvalue weighted by atomic mass is 19.4. The number of aromatic nitrogens is 2. The standard InChI is InChI=1S/C73H49F3N4/c1-44-12-7-16-48(34-44)52-22-29-66-59(38-52)60-39-53(49-17-8-13-45(2)35-49)23-30-67(60)79(66)70-33-26-56(58-28-27-57(73(74,75)76)43-65(58)78-6)42-63(70)72-64(77-5)20-11-21-71(72)80-68-31-24-54(50-18-9-14-46(3)36-50)40-61(68)62-41-55(25-32-69(62)80)51-19-10-15-47(4)37-51/h7-43H,1-4H3. The van der Waals surface area contributed by atoms with Gasteiger partial charge in [-0.15, -0.1) is 0 Å². The van der Waals surface area contributed by atoms with E-state index in [9.17, 15) is 13.2 Å². The first kappa shape index (κ1) is 49.4. The third kappa shape index (κ3) is 8.58. The van der Waals surface area contributed by atoms with Gasteiger partial charge >= 0.3 is 6.18 Å². The molecule has 0 aliphatic rings. The summed E-state index contributed by atoms with van der Waals surface area (Å²) < 4.78 is 47.3. The number of aryl methyl sites for hydroxylation is 4. The fraction of sp³-hybridized carbons (Fsp3) is 0.0685. The van der Waals surface area contributed by atoms with Gasteiger partial charge in [-0.2, -0.15) is 13.2 Å². The molecule has 382 valence electrons. The molecule has 0 bridgehead atoms. The molecule has 4 nitrogen and oxygen atoms in total. The zero-order valence-corrected chi connectivity index (χ0v) is 44.3. The summed E-state index contributed by atoms with van der Waals surface area (Å²) in [5.41, 5.74) is 20.0. The maximum absolute atomic E-state index is 14.3. The number of benzene rings is 11. The topological polar surface area (TPSA) is 18.6 Å². The van der Waals surface area contributed by atoms with E-state index in [4.69, 9.17) is 13.1 Å². The van der Waals surface area contributed by atoms with Gasteiger partial charge in [0.15, 0.2) is 11.4 Å². The fourth-order valence-corrected chi connectivity index (χ4v) is 11.8. The Labute approximate surface area is 462 Å². The highest BCUT2D eigenvalue weighted by Crippen LogP contribution is 2.48. The molecule has 7 heteroatoms. The van der Waals surface area contributed by atoms with E-state index < -0.39 is 11.7 Å². The van der Waals surface area contributed by atoms with Crippen LogP contribution >= 0.6 is 0 Å². The zero-order chi connectivity index (χ0) is 55.0. The quantitative estimate of drug-likeness (QED) is 0.135. The van der Waals surface area contributed by atoms with E-state index in [2.05, 4.69) is 222 Å². The Morgan fingerprint density at radius 3 is 1.09 bits per heavy atom. The first-order chi connectivity index (χ1) is 38.8. The van der Waals surface area contributed by atoms with Crippen LogP contribution < -0.4 is 0 Å². The predicted octanol–water partition coefficient (Wildman–Crippen LogP) is 21.2. The third-order valence-corrected chi connectivity index (χ3v) is 15.6. The molecule has 0 atom stereocenters. The van der Waals surface area contributed by atoms with Crippen molar-refractivity contribution in [1.82, 2.24) is 9.13 Å². The van der Waals surface area contributed by atoms with Gasteiger partial charge in [0.1, 0.15) is 0 Å². The monoisotopic (exact) mass is 1040 g/mol. The molecule has 2 aromatic heterocycles. The first-order valence-corrected chi connectivity index (χ1v) is 26.5. The Hall–Kier alpha value is -10.2. The van der Waals surface area contributed by atoms with Gasteiger partial charge in [0.2, 0.25) is 0 Å². The number of nitrogens with zero attached hydrogens (tertiary/aromatic N) is 4. The predicted molar refractivity (Wildman–Crippen MR) is 324 cm³/mol. The van der Waals surface area contributed by atoms with Gasteiger partial charge in [0.05, 0.1) is 40.9 Å². The highest BCUT2D eigenvalue weighted by molar-refractivity contribution is 6.14. The second-order valence-electron chi connectivity index (χ2n) is 20.9. The molecule has 80 heavy (non-hydrogen) atoms. The lowest BCUT2D eigenvalue weighted by molar-refractivity contribution is -0.137. The van der Waals surface area contributed by atoms with Crippen molar-refractivity contribution in [1.29, 1.82) is 0 Å². The molecule has 0 saturated carbocycles. The van der Waals surface area contributed by atoms with Crippen LogP contribution in [0.4, 0.5) is 24.5 Å². The lowest BCUT2D eigenvalue weighted by Crippen LogP contribution is -2.04. The fourth-order valence-electron chi connectivity index (χ4n) is 11.8. The Kier molecular flexibility index (Phi) is 11.9. The van der Waals surface area contributed by atoms with E-state index in [0.717, 1.165) is 134 Å². The molecule has 0 saturated heterocycles. The SMILES string of the molecule is [C-]#[N+]c1cc(C(F)(F)F)ccc1-c1ccc(-n2c3ccc(-c4cccc(C)c4)cc3c3cc(-c4cccc(C)c4)ccc32)c(-c2c([N+]#[C-])cccc2-n2c3ccc(-c4cccc(C)c4)cc3c3cc(-c4cccc(C)c4)ccc32)c1. The molecule has 13 aromatic rings. The molecule has 2 heterocycles. The lowest BCUT2D eigenvalue weighted by atomic mass is 9.93. The van der Waals surface area contributed by atoms with Crippen molar-refractivity contribution in [3.63, 3.8) is 0 Å². The van der Waals surface area contributed by atoms with Crippen molar-refractivity contribution in [2.75, 3.05) is 0 Å². The van der Waals surface area contributed by atoms with Crippen molar-refractivity contribution >= 4 is 55.0 Å². The minimum absolute atomic E-state index is 0.127. The normalized spacial score (nSPS) is 11.7. The lowest BCUT2D eigenvalue weighted by Gasteiger charge is -2.21.